The summed E-state index contributed by atoms with van der Waals surface area (Å²) in [4.78, 5) is 20.7. The summed E-state index contributed by atoms with van der Waals surface area (Å²) in [6.07, 6.45) is 4.80. The van der Waals surface area contributed by atoms with Gasteiger partial charge >= 0.3 is 0 Å². The van der Waals surface area contributed by atoms with Crippen LogP contribution < -0.4 is 0 Å². The van der Waals surface area contributed by atoms with Crippen molar-refractivity contribution in [1.82, 2.24) is 9.97 Å². The van der Waals surface area contributed by atoms with Crippen LogP contribution in [0.3, 0.4) is 0 Å². The van der Waals surface area contributed by atoms with Crippen LogP contribution in [0.25, 0.3) is 17.1 Å². The second-order valence-electron chi connectivity index (χ2n) is 4.49. The Balaban J connectivity index is 1.83. The van der Waals surface area contributed by atoms with Crippen molar-refractivity contribution in [2.45, 2.75) is 0 Å². The molecule has 0 bridgehead atoms. The van der Waals surface area contributed by atoms with E-state index in [-0.39, 0.29) is 5.78 Å². The Hall–Kier alpha value is -2.52. The summed E-state index contributed by atoms with van der Waals surface area (Å²) in [5.74, 6) is -0.0957. The van der Waals surface area contributed by atoms with Gasteiger partial charge in [0.2, 0.25) is 0 Å². The zero-order chi connectivity index (χ0) is 14.7. The Morgan fingerprint density at radius 1 is 1.00 bits per heavy atom. The standard InChI is InChI=1S/C17H11ClN2O/c18-13-7-5-12(6-8-13)17(21)10-9-14-11-19-15-3-1-2-4-16(15)20-14/h1-11H. The molecule has 3 nitrogen and oxygen atoms in total. The Kier molecular flexibility index (Phi) is 3.75. The number of nitrogens with zero attached hydrogens (tertiary/aromatic N) is 2. The van der Waals surface area contributed by atoms with Crippen molar-refractivity contribution in [1.29, 1.82) is 0 Å². The number of rotatable bonds is 3. The minimum Gasteiger partial charge on any atom is -0.289 e. The van der Waals surface area contributed by atoms with Crippen LogP contribution >= 0.6 is 11.6 Å². The van der Waals surface area contributed by atoms with Gasteiger partial charge < -0.3 is 0 Å². The van der Waals surface area contributed by atoms with E-state index in [1.165, 1.54) is 6.08 Å². The molecule has 102 valence electrons. The zero-order valence-corrected chi connectivity index (χ0v) is 11.8. The summed E-state index contributed by atoms with van der Waals surface area (Å²) < 4.78 is 0. The molecule has 1 heterocycles. The number of carbonyl (C=O) groups excluding carboxylic acids is 1. The number of ketones is 1. The summed E-state index contributed by atoms with van der Waals surface area (Å²) in [7, 11) is 0. The fourth-order valence-corrected chi connectivity index (χ4v) is 2.05. The number of allylic oxidation sites excluding steroid dienone is 1. The largest absolute Gasteiger partial charge is 0.289 e. The van der Waals surface area contributed by atoms with Gasteiger partial charge in [0.1, 0.15) is 0 Å². The van der Waals surface area contributed by atoms with Crippen LogP contribution in [0, 0.1) is 0 Å². The van der Waals surface area contributed by atoms with Gasteiger partial charge in [0, 0.05) is 10.6 Å². The molecule has 2 aromatic carbocycles. The lowest BCUT2D eigenvalue weighted by atomic mass is 10.1. The first kappa shape index (κ1) is 13.5. The van der Waals surface area contributed by atoms with Crippen molar-refractivity contribution in [2.75, 3.05) is 0 Å². The quantitative estimate of drug-likeness (QED) is 0.537. The van der Waals surface area contributed by atoms with Gasteiger partial charge in [0.05, 0.1) is 22.9 Å². The Morgan fingerprint density at radius 2 is 1.71 bits per heavy atom. The highest BCUT2D eigenvalue weighted by Gasteiger charge is 2.02. The number of benzene rings is 2. The Bertz CT molecular complexity index is 826. The van der Waals surface area contributed by atoms with Crippen molar-refractivity contribution < 1.29 is 4.79 Å². The third-order valence-corrected chi connectivity index (χ3v) is 3.25. The van der Waals surface area contributed by atoms with Crippen molar-refractivity contribution in [2.24, 2.45) is 0 Å². The Labute approximate surface area is 126 Å². The molecule has 3 aromatic rings. The maximum absolute atomic E-state index is 12.0. The highest BCUT2D eigenvalue weighted by Crippen LogP contribution is 2.12. The molecule has 0 unspecified atom stereocenters. The molecule has 0 atom stereocenters. The highest BCUT2D eigenvalue weighted by molar-refractivity contribution is 6.30. The molecule has 0 aliphatic rings. The van der Waals surface area contributed by atoms with E-state index in [1.807, 2.05) is 24.3 Å². The lowest BCUT2D eigenvalue weighted by molar-refractivity contribution is 0.104. The van der Waals surface area contributed by atoms with E-state index < -0.39 is 0 Å². The van der Waals surface area contributed by atoms with Gasteiger partial charge in [0.15, 0.2) is 5.78 Å². The average Bonchev–Trinajstić information content (AvgIpc) is 2.53. The van der Waals surface area contributed by atoms with Crippen LogP contribution in [0.4, 0.5) is 0 Å². The van der Waals surface area contributed by atoms with Gasteiger partial charge in [-0.25, -0.2) is 4.98 Å². The molecule has 0 aliphatic carbocycles. The van der Waals surface area contributed by atoms with E-state index in [2.05, 4.69) is 9.97 Å². The second-order valence-corrected chi connectivity index (χ2v) is 4.92. The molecule has 0 fully saturated rings. The molecule has 0 amide bonds. The van der Waals surface area contributed by atoms with Crippen LogP contribution in [-0.4, -0.2) is 15.8 Å². The Morgan fingerprint density at radius 3 is 2.48 bits per heavy atom. The number of fused-ring (bicyclic) bond motifs is 1. The summed E-state index contributed by atoms with van der Waals surface area (Å²) >= 11 is 5.80. The first-order valence-electron chi connectivity index (χ1n) is 6.42. The molecule has 1 aromatic heterocycles. The van der Waals surface area contributed by atoms with E-state index in [4.69, 9.17) is 11.6 Å². The normalized spacial score (nSPS) is 11.1. The topological polar surface area (TPSA) is 42.9 Å². The summed E-state index contributed by atoms with van der Waals surface area (Å²) in [5, 5.41) is 0.607. The van der Waals surface area contributed by atoms with Crippen LogP contribution in [0.1, 0.15) is 16.1 Å². The summed E-state index contributed by atoms with van der Waals surface area (Å²) in [6.45, 7) is 0. The van der Waals surface area contributed by atoms with E-state index >= 15 is 0 Å². The van der Waals surface area contributed by atoms with Crippen LogP contribution in [0.2, 0.25) is 5.02 Å². The smallest absolute Gasteiger partial charge is 0.185 e. The molecular formula is C17H11ClN2O. The summed E-state index contributed by atoms with van der Waals surface area (Å²) in [6, 6.07) is 14.4. The molecule has 0 saturated heterocycles. The van der Waals surface area contributed by atoms with Gasteiger partial charge in [0.25, 0.3) is 0 Å². The zero-order valence-electron chi connectivity index (χ0n) is 11.0. The van der Waals surface area contributed by atoms with Crippen molar-refractivity contribution in [3.63, 3.8) is 0 Å². The molecule has 4 heteroatoms. The van der Waals surface area contributed by atoms with E-state index in [0.717, 1.165) is 11.0 Å². The fourth-order valence-electron chi connectivity index (χ4n) is 1.92. The van der Waals surface area contributed by atoms with Crippen molar-refractivity contribution >= 4 is 34.5 Å². The summed E-state index contributed by atoms with van der Waals surface area (Å²) in [5.41, 5.74) is 2.87. The first-order chi connectivity index (χ1) is 10.2. The third-order valence-electron chi connectivity index (χ3n) is 3.00. The number of para-hydroxylation sites is 2. The van der Waals surface area contributed by atoms with Crippen LogP contribution in [0.15, 0.2) is 60.8 Å². The maximum atomic E-state index is 12.0. The van der Waals surface area contributed by atoms with Gasteiger partial charge in [-0.2, -0.15) is 0 Å². The fraction of sp³-hybridized carbons (Fsp3) is 0. The molecule has 0 radical (unpaired) electrons. The van der Waals surface area contributed by atoms with Gasteiger partial charge in [-0.3, -0.25) is 9.78 Å². The van der Waals surface area contributed by atoms with Crippen molar-refractivity contribution in [3.8, 4) is 0 Å². The lowest BCUT2D eigenvalue weighted by Crippen LogP contribution is -1.94. The highest BCUT2D eigenvalue weighted by atomic mass is 35.5. The van der Waals surface area contributed by atoms with Gasteiger partial charge in [-0.15, -0.1) is 0 Å². The number of hydrogen-bond acceptors (Lipinski definition) is 3. The van der Waals surface area contributed by atoms with E-state index in [0.29, 0.717) is 16.3 Å². The second kappa shape index (κ2) is 5.85. The van der Waals surface area contributed by atoms with E-state index in [9.17, 15) is 4.79 Å². The van der Waals surface area contributed by atoms with Crippen molar-refractivity contribution in [3.05, 3.63) is 77.1 Å². The molecule has 0 aliphatic heterocycles. The maximum Gasteiger partial charge on any atom is 0.185 e. The minimum absolute atomic E-state index is 0.0957. The molecule has 21 heavy (non-hydrogen) atoms. The molecule has 0 saturated carbocycles. The number of aromatic nitrogens is 2. The van der Waals surface area contributed by atoms with Crippen LogP contribution in [0.5, 0.6) is 0 Å². The monoisotopic (exact) mass is 294 g/mol. The van der Waals surface area contributed by atoms with Gasteiger partial charge in [-0.1, -0.05) is 23.7 Å². The molecular weight excluding hydrogens is 284 g/mol. The number of halogens is 1. The third kappa shape index (κ3) is 3.15. The molecule has 3 rings (SSSR count). The van der Waals surface area contributed by atoms with Crippen LogP contribution in [-0.2, 0) is 0 Å². The SMILES string of the molecule is O=C(C=Cc1cnc2ccccc2n1)c1ccc(Cl)cc1. The predicted octanol–water partition coefficient (Wildman–Crippen LogP) is 4.18. The number of hydrogen-bond donors (Lipinski definition) is 0. The average molecular weight is 295 g/mol. The first-order valence-corrected chi connectivity index (χ1v) is 6.80. The molecule has 0 spiro atoms. The predicted molar refractivity (Wildman–Crippen MR) is 84.4 cm³/mol. The van der Waals surface area contributed by atoms with E-state index in [1.54, 1.807) is 36.5 Å². The van der Waals surface area contributed by atoms with Gasteiger partial charge in [-0.05, 0) is 48.6 Å². The minimum atomic E-state index is -0.0957. The lowest BCUT2D eigenvalue weighted by Gasteiger charge is -1.98. The number of carbonyl (C=O) groups is 1. The molecule has 0 N–H and O–H groups in total.